The van der Waals surface area contributed by atoms with Gasteiger partial charge in [-0.25, -0.2) is 0 Å². The van der Waals surface area contributed by atoms with Crippen LogP contribution in [-0.4, -0.2) is 24.2 Å². The Morgan fingerprint density at radius 2 is 1.86 bits per heavy atom. The van der Waals surface area contributed by atoms with E-state index in [1.54, 1.807) is 44.3 Å². The second-order valence-corrected chi connectivity index (χ2v) is 7.17. The number of nitrogens with one attached hydrogen (secondary N) is 1. The Hall–Kier alpha value is -2.67. The van der Waals surface area contributed by atoms with Crippen LogP contribution in [0.4, 0.5) is 13.2 Å². The average molecular weight is 411 g/mol. The summed E-state index contributed by atoms with van der Waals surface area (Å²) >= 11 is 5.96. The maximum Gasteiger partial charge on any atom is 0.573 e. The van der Waals surface area contributed by atoms with Gasteiger partial charge in [0.2, 0.25) is 5.91 Å². The Morgan fingerprint density at radius 1 is 1.21 bits per heavy atom. The van der Waals surface area contributed by atoms with E-state index in [0.717, 1.165) is 0 Å². The van der Waals surface area contributed by atoms with Crippen LogP contribution in [0.1, 0.15) is 24.0 Å². The molecule has 1 aliphatic rings. The molecule has 0 aromatic heterocycles. The lowest BCUT2D eigenvalue weighted by Gasteiger charge is -2.47. The van der Waals surface area contributed by atoms with E-state index >= 15 is 0 Å². The molecule has 1 N–H and O–H groups in total. The summed E-state index contributed by atoms with van der Waals surface area (Å²) in [6.07, 6.45) is -4.81. The third kappa shape index (κ3) is 3.80. The van der Waals surface area contributed by atoms with Gasteiger partial charge in [-0.3, -0.25) is 4.79 Å². The lowest BCUT2D eigenvalue weighted by molar-refractivity contribution is -0.274. The number of hydrogen-bond acceptors (Lipinski definition) is 3. The Morgan fingerprint density at radius 3 is 2.46 bits per heavy atom. The third-order valence-electron chi connectivity index (χ3n) is 4.83. The van der Waals surface area contributed by atoms with Crippen LogP contribution in [0.2, 0.25) is 5.02 Å². The lowest BCUT2D eigenvalue weighted by atomic mass is 9.73. The Kier molecular flexibility index (Phi) is 5.06. The minimum atomic E-state index is -4.81. The zero-order valence-electron chi connectivity index (χ0n) is 15.2. The molecule has 2 aromatic rings. The summed E-state index contributed by atoms with van der Waals surface area (Å²) in [6.45, 7) is 5.60. The second-order valence-electron chi connectivity index (χ2n) is 6.73. The maximum absolute atomic E-state index is 13.1. The van der Waals surface area contributed by atoms with Gasteiger partial charge in [-0.15, -0.1) is 13.2 Å². The number of carbonyl (C=O) groups is 1. The first-order chi connectivity index (χ1) is 13.0. The van der Waals surface area contributed by atoms with E-state index in [2.05, 4.69) is 16.6 Å². The van der Waals surface area contributed by atoms with Crippen molar-refractivity contribution in [3.8, 4) is 5.75 Å². The third-order valence-corrected chi connectivity index (χ3v) is 5.09. The lowest BCUT2D eigenvalue weighted by Crippen LogP contribution is -2.57. The van der Waals surface area contributed by atoms with Crippen molar-refractivity contribution in [3.63, 3.8) is 0 Å². The SMILES string of the molecule is C=C1N[C@](C)(c2cccc(OC(F)(F)F)c2)[C@@H](c2ccc(Cl)cc2)C(=O)N1C. The number of carbonyl (C=O) groups excluding carboxylic acids is 1. The molecule has 0 aliphatic carbocycles. The van der Waals surface area contributed by atoms with E-state index in [4.69, 9.17) is 11.6 Å². The van der Waals surface area contributed by atoms with Gasteiger partial charge in [0.25, 0.3) is 0 Å². The number of alkyl halides is 3. The monoisotopic (exact) mass is 410 g/mol. The Bertz CT molecular complexity index is 914. The second kappa shape index (κ2) is 7.05. The van der Waals surface area contributed by atoms with Gasteiger partial charge < -0.3 is 15.0 Å². The number of hydrogen-bond donors (Lipinski definition) is 1. The molecule has 1 heterocycles. The highest BCUT2D eigenvalue weighted by Gasteiger charge is 2.47. The molecule has 1 saturated heterocycles. The summed E-state index contributed by atoms with van der Waals surface area (Å²) in [5, 5.41) is 3.70. The van der Waals surface area contributed by atoms with Crippen molar-refractivity contribution in [3.05, 3.63) is 77.1 Å². The maximum atomic E-state index is 13.1. The first-order valence-electron chi connectivity index (χ1n) is 8.38. The van der Waals surface area contributed by atoms with E-state index in [1.165, 1.54) is 23.1 Å². The predicted octanol–water partition coefficient (Wildman–Crippen LogP) is 4.77. The molecule has 2 aromatic carbocycles. The number of benzene rings is 2. The van der Waals surface area contributed by atoms with E-state index in [9.17, 15) is 18.0 Å². The average Bonchev–Trinajstić information content (AvgIpc) is 2.60. The molecule has 4 nitrogen and oxygen atoms in total. The molecule has 0 unspecified atom stereocenters. The van der Waals surface area contributed by atoms with Crippen LogP contribution >= 0.6 is 11.6 Å². The molecule has 1 amide bonds. The number of likely N-dealkylation sites (N-methyl/N-ethyl adjacent to an activating group) is 1. The summed E-state index contributed by atoms with van der Waals surface area (Å²) in [7, 11) is 1.59. The molecule has 28 heavy (non-hydrogen) atoms. The summed E-state index contributed by atoms with van der Waals surface area (Å²) in [5.41, 5.74) is 0.0714. The van der Waals surface area contributed by atoms with E-state index in [0.29, 0.717) is 22.0 Å². The van der Waals surface area contributed by atoms with Gasteiger partial charge in [-0.2, -0.15) is 0 Å². The normalized spacial score (nSPS) is 22.8. The number of nitrogens with zero attached hydrogens (tertiary/aromatic N) is 1. The van der Waals surface area contributed by atoms with Gasteiger partial charge in [0, 0.05) is 12.1 Å². The molecule has 148 valence electrons. The quantitative estimate of drug-likeness (QED) is 0.792. The predicted molar refractivity (Wildman–Crippen MR) is 99.7 cm³/mol. The summed E-state index contributed by atoms with van der Waals surface area (Å²) in [6, 6.07) is 12.4. The van der Waals surface area contributed by atoms with E-state index < -0.39 is 17.8 Å². The first kappa shape index (κ1) is 20.1. The minimum Gasteiger partial charge on any atom is -0.406 e. The van der Waals surface area contributed by atoms with Crippen molar-refractivity contribution in [2.45, 2.75) is 24.7 Å². The topological polar surface area (TPSA) is 41.6 Å². The standard InChI is InChI=1S/C20H18ClF3N2O2/c1-12-25-19(2,14-5-4-6-16(11-14)28-20(22,23)24)17(18(27)26(12)3)13-7-9-15(21)10-8-13/h4-11,17,25H,1H2,2-3H3/t17-,19+/m0/s1. The number of halogens is 4. The molecule has 0 saturated carbocycles. The Labute approximate surface area is 165 Å². The zero-order chi connectivity index (χ0) is 20.7. The molecular formula is C20H18ClF3N2O2. The van der Waals surface area contributed by atoms with Crippen LogP contribution in [0.3, 0.4) is 0 Å². The fraction of sp³-hybridized carbons (Fsp3) is 0.250. The molecule has 8 heteroatoms. The van der Waals surface area contributed by atoms with Crippen molar-refractivity contribution in [2.24, 2.45) is 0 Å². The van der Waals surface area contributed by atoms with E-state index in [1.807, 2.05) is 0 Å². The molecule has 1 fully saturated rings. The fourth-order valence-corrected chi connectivity index (χ4v) is 3.54. The molecule has 0 bridgehead atoms. The van der Waals surface area contributed by atoms with Crippen LogP contribution in [0.5, 0.6) is 5.75 Å². The minimum absolute atomic E-state index is 0.240. The number of rotatable bonds is 3. The van der Waals surface area contributed by atoms with Gasteiger partial charge in [0.1, 0.15) is 11.6 Å². The molecule has 2 atom stereocenters. The first-order valence-corrected chi connectivity index (χ1v) is 8.75. The van der Waals surface area contributed by atoms with Gasteiger partial charge in [0.05, 0.1) is 11.5 Å². The van der Waals surface area contributed by atoms with Crippen molar-refractivity contribution >= 4 is 17.5 Å². The highest BCUT2D eigenvalue weighted by atomic mass is 35.5. The highest BCUT2D eigenvalue weighted by molar-refractivity contribution is 6.30. The molecule has 0 radical (unpaired) electrons. The fourth-order valence-electron chi connectivity index (χ4n) is 3.42. The van der Waals surface area contributed by atoms with Gasteiger partial charge in [-0.1, -0.05) is 42.4 Å². The smallest absolute Gasteiger partial charge is 0.406 e. The van der Waals surface area contributed by atoms with Gasteiger partial charge in [-0.05, 0) is 42.3 Å². The molecule has 0 spiro atoms. The summed E-state index contributed by atoms with van der Waals surface area (Å²) in [4.78, 5) is 14.5. The van der Waals surface area contributed by atoms with Crippen LogP contribution in [0, 0.1) is 0 Å². The van der Waals surface area contributed by atoms with Crippen LogP contribution in [0.15, 0.2) is 60.9 Å². The van der Waals surface area contributed by atoms with E-state index in [-0.39, 0.29) is 11.7 Å². The van der Waals surface area contributed by atoms with Gasteiger partial charge in [0.15, 0.2) is 0 Å². The van der Waals surface area contributed by atoms with Crippen molar-refractivity contribution in [2.75, 3.05) is 7.05 Å². The van der Waals surface area contributed by atoms with Crippen LogP contribution < -0.4 is 10.1 Å². The molecule has 3 rings (SSSR count). The Balaban J connectivity index is 2.11. The van der Waals surface area contributed by atoms with Crippen molar-refractivity contribution in [1.82, 2.24) is 10.2 Å². The highest BCUT2D eigenvalue weighted by Crippen LogP contribution is 2.43. The van der Waals surface area contributed by atoms with Gasteiger partial charge >= 0.3 is 6.36 Å². The largest absolute Gasteiger partial charge is 0.573 e. The number of amides is 1. The summed E-state index contributed by atoms with van der Waals surface area (Å²) < 4.78 is 42.0. The molecular weight excluding hydrogens is 393 g/mol. The van der Waals surface area contributed by atoms with Crippen molar-refractivity contribution < 1.29 is 22.7 Å². The number of ether oxygens (including phenoxy) is 1. The van der Waals surface area contributed by atoms with Crippen LogP contribution in [0.25, 0.3) is 0 Å². The molecule has 1 aliphatic heterocycles. The summed E-state index contributed by atoms with van der Waals surface area (Å²) in [5.74, 6) is -0.975. The zero-order valence-corrected chi connectivity index (χ0v) is 15.9. The van der Waals surface area contributed by atoms with Crippen molar-refractivity contribution in [1.29, 1.82) is 0 Å². The van der Waals surface area contributed by atoms with Crippen LogP contribution in [-0.2, 0) is 10.3 Å².